The highest BCUT2D eigenvalue weighted by Gasteiger charge is 2.41. The summed E-state index contributed by atoms with van der Waals surface area (Å²) in [5.74, 6) is 1.25. The number of imidazole rings is 1. The van der Waals surface area contributed by atoms with E-state index in [-0.39, 0.29) is 6.10 Å². The average molecular weight is 221 g/mol. The maximum atomic E-state index is 9.85. The summed E-state index contributed by atoms with van der Waals surface area (Å²) in [4.78, 5) is 6.59. The van der Waals surface area contributed by atoms with E-state index >= 15 is 0 Å². The van der Waals surface area contributed by atoms with E-state index in [0.29, 0.717) is 5.92 Å². The SMILES string of the molecule is Cn1cncc1CN1CC2CCC(O)C2C1. The summed E-state index contributed by atoms with van der Waals surface area (Å²) < 4.78 is 2.07. The fourth-order valence-electron chi connectivity index (χ4n) is 3.22. The van der Waals surface area contributed by atoms with Crippen LogP contribution in [0, 0.1) is 11.8 Å². The lowest BCUT2D eigenvalue weighted by Crippen LogP contribution is -2.25. The van der Waals surface area contributed by atoms with Crippen molar-refractivity contribution in [3.8, 4) is 0 Å². The second-order valence-electron chi connectivity index (χ2n) is 5.26. The van der Waals surface area contributed by atoms with Crippen LogP contribution in [0.25, 0.3) is 0 Å². The first kappa shape index (κ1) is 10.3. The van der Waals surface area contributed by atoms with Crippen LogP contribution in [0.5, 0.6) is 0 Å². The monoisotopic (exact) mass is 221 g/mol. The summed E-state index contributed by atoms with van der Waals surface area (Å²) in [5, 5.41) is 9.85. The number of aliphatic hydroxyl groups is 1. The van der Waals surface area contributed by atoms with Crippen molar-refractivity contribution in [2.24, 2.45) is 18.9 Å². The first-order valence-corrected chi connectivity index (χ1v) is 6.09. The third-order valence-corrected chi connectivity index (χ3v) is 4.20. The molecule has 1 aromatic heterocycles. The number of aromatic nitrogens is 2. The molecule has 4 nitrogen and oxygen atoms in total. The van der Waals surface area contributed by atoms with Gasteiger partial charge in [-0.3, -0.25) is 4.90 Å². The molecular formula is C12H19N3O. The van der Waals surface area contributed by atoms with Gasteiger partial charge in [-0.25, -0.2) is 4.98 Å². The van der Waals surface area contributed by atoms with Crippen LogP contribution < -0.4 is 0 Å². The highest BCUT2D eigenvalue weighted by atomic mass is 16.3. The number of aryl methyl sites for hydroxylation is 1. The molecule has 3 unspecified atom stereocenters. The quantitative estimate of drug-likeness (QED) is 0.796. The van der Waals surface area contributed by atoms with Crippen molar-refractivity contribution in [3.05, 3.63) is 18.2 Å². The Morgan fingerprint density at radius 3 is 3.00 bits per heavy atom. The molecule has 1 aromatic rings. The van der Waals surface area contributed by atoms with Crippen LogP contribution in [0.15, 0.2) is 12.5 Å². The summed E-state index contributed by atoms with van der Waals surface area (Å²) in [6.07, 6.45) is 5.94. The maximum Gasteiger partial charge on any atom is 0.0945 e. The van der Waals surface area contributed by atoms with Crippen LogP contribution in [-0.2, 0) is 13.6 Å². The number of nitrogens with zero attached hydrogens (tertiary/aromatic N) is 3. The van der Waals surface area contributed by atoms with Gasteiger partial charge >= 0.3 is 0 Å². The zero-order valence-corrected chi connectivity index (χ0v) is 9.71. The Balaban J connectivity index is 1.65. The minimum Gasteiger partial charge on any atom is -0.393 e. The summed E-state index contributed by atoms with van der Waals surface area (Å²) in [6, 6.07) is 0. The van der Waals surface area contributed by atoms with E-state index < -0.39 is 0 Å². The first-order chi connectivity index (χ1) is 7.74. The van der Waals surface area contributed by atoms with Crippen molar-refractivity contribution in [1.29, 1.82) is 0 Å². The van der Waals surface area contributed by atoms with Crippen LogP contribution in [0.1, 0.15) is 18.5 Å². The Morgan fingerprint density at radius 2 is 2.31 bits per heavy atom. The molecule has 1 N–H and O–H groups in total. The van der Waals surface area contributed by atoms with Crippen molar-refractivity contribution in [2.75, 3.05) is 13.1 Å². The molecule has 1 aliphatic carbocycles. The number of rotatable bonds is 2. The Kier molecular flexibility index (Phi) is 2.48. The molecule has 3 atom stereocenters. The van der Waals surface area contributed by atoms with Crippen LogP contribution in [0.4, 0.5) is 0 Å². The third kappa shape index (κ3) is 1.66. The Labute approximate surface area is 95.9 Å². The fraction of sp³-hybridized carbons (Fsp3) is 0.750. The highest BCUT2D eigenvalue weighted by molar-refractivity contribution is 5.00. The predicted molar refractivity (Wildman–Crippen MR) is 60.7 cm³/mol. The van der Waals surface area contributed by atoms with Gasteiger partial charge in [0, 0.05) is 38.8 Å². The lowest BCUT2D eigenvalue weighted by Gasteiger charge is -2.17. The molecule has 16 heavy (non-hydrogen) atoms. The standard InChI is InChI=1S/C12H19N3O/c1-14-8-13-4-10(14)6-15-5-9-2-3-12(16)11(9)7-15/h4,8-9,11-12,16H,2-3,5-7H2,1H3. The van der Waals surface area contributed by atoms with Crippen molar-refractivity contribution in [3.63, 3.8) is 0 Å². The number of fused-ring (bicyclic) bond motifs is 1. The third-order valence-electron chi connectivity index (χ3n) is 4.20. The molecule has 2 fully saturated rings. The van der Waals surface area contributed by atoms with Crippen molar-refractivity contribution in [2.45, 2.75) is 25.5 Å². The fourth-order valence-corrected chi connectivity index (χ4v) is 3.22. The van der Waals surface area contributed by atoms with Gasteiger partial charge in [-0.1, -0.05) is 0 Å². The number of hydrogen-bond donors (Lipinski definition) is 1. The predicted octanol–water partition coefficient (Wildman–Crippen LogP) is 0.623. The van der Waals surface area contributed by atoms with E-state index in [0.717, 1.165) is 32.0 Å². The van der Waals surface area contributed by atoms with E-state index in [2.05, 4.69) is 14.5 Å². The molecule has 88 valence electrons. The average Bonchev–Trinajstić information content (AvgIpc) is 2.90. The second-order valence-corrected chi connectivity index (χ2v) is 5.26. The molecule has 0 radical (unpaired) electrons. The molecule has 2 heterocycles. The molecular weight excluding hydrogens is 202 g/mol. The number of hydrogen-bond acceptors (Lipinski definition) is 3. The zero-order chi connectivity index (χ0) is 11.1. The number of aliphatic hydroxyl groups excluding tert-OH is 1. The van der Waals surface area contributed by atoms with Crippen LogP contribution in [0.2, 0.25) is 0 Å². The van der Waals surface area contributed by atoms with Gasteiger partial charge in [-0.2, -0.15) is 0 Å². The van der Waals surface area contributed by atoms with Gasteiger partial charge in [-0.15, -0.1) is 0 Å². The first-order valence-electron chi connectivity index (χ1n) is 6.09. The lowest BCUT2D eigenvalue weighted by atomic mass is 10.00. The number of likely N-dealkylation sites (tertiary alicyclic amines) is 1. The van der Waals surface area contributed by atoms with E-state index in [9.17, 15) is 5.11 Å². The lowest BCUT2D eigenvalue weighted by molar-refractivity contribution is 0.123. The van der Waals surface area contributed by atoms with E-state index in [1.54, 1.807) is 0 Å². The summed E-state index contributed by atoms with van der Waals surface area (Å²) >= 11 is 0. The normalized spacial score (nSPS) is 34.5. The highest BCUT2D eigenvalue weighted by Crippen LogP contribution is 2.38. The molecule has 4 heteroatoms. The van der Waals surface area contributed by atoms with Gasteiger partial charge in [0.25, 0.3) is 0 Å². The van der Waals surface area contributed by atoms with Gasteiger partial charge in [0.15, 0.2) is 0 Å². The van der Waals surface area contributed by atoms with Gasteiger partial charge < -0.3 is 9.67 Å². The Hall–Kier alpha value is -0.870. The second kappa shape index (κ2) is 3.86. The Bertz CT molecular complexity index is 376. The summed E-state index contributed by atoms with van der Waals surface area (Å²) in [5.41, 5.74) is 1.26. The zero-order valence-electron chi connectivity index (χ0n) is 9.71. The van der Waals surface area contributed by atoms with Crippen molar-refractivity contribution < 1.29 is 5.11 Å². The summed E-state index contributed by atoms with van der Waals surface area (Å²) in [7, 11) is 2.04. The van der Waals surface area contributed by atoms with E-state index in [1.165, 1.54) is 12.1 Å². The van der Waals surface area contributed by atoms with Gasteiger partial charge in [0.05, 0.1) is 18.1 Å². The molecule has 0 amide bonds. The van der Waals surface area contributed by atoms with Crippen molar-refractivity contribution in [1.82, 2.24) is 14.5 Å². The van der Waals surface area contributed by atoms with Gasteiger partial charge in [0.1, 0.15) is 0 Å². The molecule has 0 bridgehead atoms. The molecule has 0 spiro atoms. The smallest absolute Gasteiger partial charge is 0.0945 e. The molecule has 3 rings (SSSR count). The van der Waals surface area contributed by atoms with E-state index in [4.69, 9.17) is 0 Å². The van der Waals surface area contributed by atoms with Crippen LogP contribution in [0.3, 0.4) is 0 Å². The molecule has 1 saturated heterocycles. The molecule has 2 aliphatic rings. The molecule has 1 aliphatic heterocycles. The minimum atomic E-state index is -0.0541. The van der Waals surface area contributed by atoms with Crippen molar-refractivity contribution >= 4 is 0 Å². The Morgan fingerprint density at radius 1 is 1.44 bits per heavy atom. The van der Waals surface area contributed by atoms with Gasteiger partial charge in [-0.05, 0) is 18.8 Å². The molecule has 0 aromatic carbocycles. The summed E-state index contributed by atoms with van der Waals surface area (Å²) in [6.45, 7) is 3.17. The molecule has 1 saturated carbocycles. The minimum absolute atomic E-state index is 0.0541. The maximum absolute atomic E-state index is 9.85. The topological polar surface area (TPSA) is 41.3 Å². The van der Waals surface area contributed by atoms with Crippen LogP contribution in [-0.4, -0.2) is 38.8 Å². The van der Waals surface area contributed by atoms with Gasteiger partial charge in [0.2, 0.25) is 0 Å². The van der Waals surface area contributed by atoms with Crippen LogP contribution >= 0.6 is 0 Å². The van der Waals surface area contributed by atoms with E-state index in [1.807, 2.05) is 19.6 Å². The largest absolute Gasteiger partial charge is 0.393 e.